The van der Waals surface area contributed by atoms with Crippen LogP contribution in [-0.2, 0) is 7.05 Å². The number of aryl methyl sites for hydroxylation is 1. The summed E-state index contributed by atoms with van der Waals surface area (Å²) in [5.74, 6) is 0. The number of nitrogens with zero attached hydrogens (tertiary/aromatic N) is 1. The first-order chi connectivity index (χ1) is 6.63. The fraction of sp³-hybridized carbons (Fsp3) is 0.333. The molecular formula is C12H16N2. The van der Waals surface area contributed by atoms with Crippen LogP contribution < -0.4 is 5.73 Å². The number of para-hydroxylation sites is 1. The number of rotatable bonds is 1. The van der Waals surface area contributed by atoms with E-state index in [4.69, 9.17) is 5.73 Å². The smallest absolute Gasteiger partial charge is 0.0483 e. The fourth-order valence-electron chi connectivity index (χ4n) is 2.12. The van der Waals surface area contributed by atoms with Crippen molar-refractivity contribution >= 4 is 10.9 Å². The standard InChI is InChI=1S/C12H16N2/c1-8(13)12-9(2)14(3)11-7-5-4-6-10(11)12/h4-8H,13H2,1-3H3. The highest BCUT2D eigenvalue weighted by molar-refractivity contribution is 5.85. The second-order valence-corrected chi connectivity index (χ2v) is 3.86. The first kappa shape index (κ1) is 9.28. The van der Waals surface area contributed by atoms with Crippen LogP contribution in [0.25, 0.3) is 10.9 Å². The Balaban J connectivity index is 2.88. The average molecular weight is 188 g/mol. The first-order valence-electron chi connectivity index (χ1n) is 4.92. The van der Waals surface area contributed by atoms with Gasteiger partial charge in [0.1, 0.15) is 0 Å². The van der Waals surface area contributed by atoms with Gasteiger partial charge in [-0.15, -0.1) is 0 Å². The normalized spacial score (nSPS) is 13.4. The van der Waals surface area contributed by atoms with Crippen molar-refractivity contribution in [2.75, 3.05) is 0 Å². The maximum absolute atomic E-state index is 5.98. The largest absolute Gasteiger partial charge is 0.348 e. The Labute approximate surface area is 84.3 Å². The van der Waals surface area contributed by atoms with Gasteiger partial charge >= 0.3 is 0 Å². The molecule has 0 saturated heterocycles. The zero-order valence-corrected chi connectivity index (χ0v) is 8.91. The second-order valence-electron chi connectivity index (χ2n) is 3.86. The highest BCUT2D eigenvalue weighted by atomic mass is 14.9. The number of hydrogen-bond donors (Lipinski definition) is 1. The monoisotopic (exact) mass is 188 g/mol. The van der Waals surface area contributed by atoms with Crippen molar-refractivity contribution < 1.29 is 0 Å². The summed E-state index contributed by atoms with van der Waals surface area (Å²) in [5.41, 5.74) is 9.77. The lowest BCUT2D eigenvalue weighted by Gasteiger charge is -2.05. The van der Waals surface area contributed by atoms with Crippen molar-refractivity contribution in [3.05, 3.63) is 35.5 Å². The van der Waals surface area contributed by atoms with E-state index in [9.17, 15) is 0 Å². The Morgan fingerprint density at radius 3 is 2.57 bits per heavy atom. The summed E-state index contributed by atoms with van der Waals surface area (Å²) in [6.45, 7) is 4.16. The van der Waals surface area contributed by atoms with Gasteiger partial charge in [0, 0.05) is 29.7 Å². The van der Waals surface area contributed by atoms with Crippen LogP contribution >= 0.6 is 0 Å². The van der Waals surface area contributed by atoms with Gasteiger partial charge in [0.2, 0.25) is 0 Å². The molecule has 1 heterocycles. The van der Waals surface area contributed by atoms with Crippen LogP contribution in [-0.4, -0.2) is 4.57 Å². The predicted molar refractivity (Wildman–Crippen MR) is 60.3 cm³/mol. The second kappa shape index (κ2) is 3.14. The van der Waals surface area contributed by atoms with E-state index in [1.165, 1.54) is 22.2 Å². The Hall–Kier alpha value is -1.28. The molecule has 1 aromatic heterocycles. The predicted octanol–water partition coefficient (Wildman–Crippen LogP) is 2.51. The van der Waals surface area contributed by atoms with Gasteiger partial charge in [0.25, 0.3) is 0 Å². The van der Waals surface area contributed by atoms with E-state index in [1.54, 1.807) is 0 Å². The minimum atomic E-state index is 0.0982. The molecule has 1 aromatic carbocycles. The van der Waals surface area contributed by atoms with Crippen molar-refractivity contribution in [1.82, 2.24) is 4.57 Å². The third-order valence-corrected chi connectivity index (χ3v) is 2.90. The topological polar surface area (TPSA) is 30.9 Å². The van der Waals surface area contributed by atoms with E-state index in [-0.39, 0.29) is 6.04 Å². The molecule has 0 bridgehead atoms. The summed E-state index contributed by atoms with van der Waals surface area (Å²) >= 11 is 0. The quantitative estimate of drug-likeness (QED) is 0.732. The molecule has 2 nitrogen and oxygen atoms in total. The lowest BCUT2D eigenvalue weighted by atomic mass is 10.1. The van der Waals surface area contributed by atoms with Gasteiger partial charge in [0.05, 0.1) is 0 Å². The zero-order chi connectivity index (χ0) is 10.3. The highest BCUT2D eigenvalue weighted by Gasteiger charge is 2.13. The molecule has 1 unspecified atom stereocenters. The highest BCUT2D eigenvalue weighted by Crippen LogP contribution is 2.28. The summed E-state index contributed by atoms with van der Waals surface area (Å²) in [4.78, 5) is 0. The molecule has 1 atom stereocenters. The number of fused-ring (bicyclic) bond motifs is 1. The van der Waals surface area contributed by atoms with Crippen LogP contribution in [0.1, 0.15) is 24.2 Å². The molecular weight excluding hydrogens is 172 g/mol. The molecule has 2 heteroatoms. The van der Waals surface area contributed by atoms with Crippen LogP contribution in [0.4, 0.5) is 0 Å². The van der Waals surface area contributed by atoms with E-state index in [0.29, 0.717) is 0 Å². The molecule has 0 aliphatic rings. The number of nitrogens with two attached hydrogens (primary N) is 1. The van der Waals surface area contributed by atoms with Crippen LogP contribution in [0.15, 0.2) is 24.3 Å². The zero-order valence-electron chi connectivity index (χ0n) is 8.91. The molecule has 0 spiro atoms. The average Bonchev–Trinajstić information content (AvgIpc) is 2.41. The third-order valence-electron chi connectivity index (χ3n) is 2.90. The number of aromatic nitrogens is 1. The maximum atomic E-state index is 5.98. The van der Waals surface area contributed by atoms with Gasteiger partial charge in [-0.05, 0) is 25.5 Å². The molecule has 14 heavy (non-hydrogen) atoms. The molecule has 0 fully saturated rings. The van der Waals surface area contributed by atoms with E-state index >= 15 is 0 Å². The van der Waals surface area contributed by atoms with E-state index in [0.717, 1.165) is 0 Å². The van der Waals surface area contributed by atoms with Gasteiger partial charge in [-0.1, -0.05) is 18.2 Å². The molecule has 2 N–H and O–H groups in total. The summed E-state index contributed by atoms with van der Waals surface area (Å²) in [5, 5.41) is 1.28. The molecule has 0 aliphatic heterocycles. The summed E-state index contributed by atoms with van der Waals surface area (Å²) < 4.78 is 2.20. The Morgan fingerprint density at radius 1 is 1.29 bits per heavy atom. The summed E-state index contributed by atoms with van der Waals surface area (Å²) in [7, 11) is 2.09. The van der Waals surface area contributed by atoms with Crippen LogP contribution in [0.5, 0.6) is 0 Å². The van der Waals surface area contributed by atoms with E-state index in [2.05, 4.69) is 42.8 Å². The maximum Gasteiger partial charge on any atom is 0.0483 e. The molecule has 0 amide bonds. The van der Waals surface area contributed by atoms with E-state index in [1.807, 2.05) is 6.92 Å². The van der Waals surface area contributed by atoms with Gasteiger partial charge in [-0.25, -0.2) is 0 Å². The van der Waals surface area contributed by atoms with Crippen molar-refractivity contribution in [3.63, 3.8) is 0 Å². The first-order valence-corrected chi connectivity index (χ1v) is 4.92. The number of hydrogen-bond acceptors (Lipinski definition) is 1. The van der Waals surface area contributed by atoms with Crippen LogP contribution in [0.2, 0.25) is 0 Å². The lowest BCUT2D eigenvalue weighted by molar-refractivity contribution is 0.795. The molecule has 0 radical (unpaired) electrons. The molecule has 2 aromatic rings. The van der Waals surface area contributed by atoms with Crippen LogP contribution in [0, 0.1) is 6.92 Å². The van der Waals surface area contributed by atoms with E-state index < -0.39 is 0 Å². The van der Waals surface area contributed by atoms with Gasteiger partial charge in [-0.2, -0.15) is 0 Å². The van der Waals surface area contributed by atoms with Crippen molar-refractivity contribution in [2.24, 2.45) is 12.8 Å². The van der Waals surface area contributed by atoms with Crippen molar-refractivity contribution in [1.29, 1.82) is 0 Å². The Morgan fingerprint density at radius 2 is 1.93 bits per heavy atom. The van der Waals surface area contributed by atoms with Gasteiger partial charge in [-0.3, -0.25) is 0 Å². The minimum Gasteiger partial charge on any atom is -0.348 e. The summed E-state index contributed by atoms with van der Waals surface area (Å²) in [6.07, 6.45) is 0. The minimum absolute atomic E-state index is 0.0982. The van der Waals surface area contributed by atoms with Crippen LogP contribution in [0.3, 0.4) is 0 Å². The molecule has 2 rings (SSSR count). The molecule has 74 valence electrons. The fourth-order valence-corrected chi connectivity index (χ4v) is 2.12. The number of benzene rings is 1. The lowest BCUT2D eigenvalue weighted by Crippen LogP contribution is -2.06. The summed E-state index contributed by atoms with van der Waals surface area (Å²) in [6, 6.07) is 8.50. The Kier molecular flexibility index (Phi) is 2.08. The molecule has 0 aliphatic carbocycles. The molecule has 0 saturated carbocycles. The Bertz CT molecular complexity index is 466. The SMILES string of the molecule is Cc1c(C(C)N)c2ccccc2n1C. The van der Waals surface area contributed by atoms with Crippen molar-refractivity contribution in [2.45, 2.75) is 19.9 Å². The third kappa shape index (κ3) is 1.15. The van der Waals surface area contributed by atoms with Gasteiger partial charge in [0.15, 0.2) is 0 Å². The van der Waals surface area contributed by atoms with Crippen molar-refractivity contribution in [3.8, 4) is 0 Å². The van der Waals surface area contributed by atoms with Gasteiger partial charge < -0.3 is 10.3 Å².